The summed E-state index contributed by atoms with van der Waals surface area (Å²) in [6.45, 7) is 7.32. The number of aryl methyl sites for hydroxylation is 3. The Morgan fingerprint density at radius 1 is 1.32 bits per heavy atom. The molecule has 2 N–H and O–H groups in total. The Labute approximate surface area is 114 Å². The van der Waals surface area contributed by atoms with Gasteiger partial charge in [-0.05, 0) is 31.9 Å². The molecule has 0 radical (unpaired) electrons. The van der Waals surface area contributed by atoms with Crippen LogP contribution in [0.1, 0.15) is 16.7 Å². The number of rotatable bonds is 3. The molecule has 0 aromatic heterocycles. The summed E-state index contributed by atoms with van der Waals surface area (Å²) in [6, 6.07) is 4.19. The van der Waals surface area contributed by atoms with E-state index >= 15 is 0 Å². The second-order valence-electron chi connectivity index (χ2n) is 5.59. The van der Waals surface area contributed by atoms with Crippen molar-refractivity contribution >= 4 is 11.6 Å². The zero-order valence-corrected chi connectivity index (χ0v) is 12.1. The van der Waals surface area contributed by atoms with Crippen molar-refractivity contribution in [2.45, 2.75) is 20.8 Å². The Bertz CT molecular complexity index is 478. The molecule has 1 aromatic rings. The average Bonchev–Trinajstić information content (AvgIpc) is 2.26. The van der Waals surface area contributed by atoms with Crippen LogP contribution in [0, 0.1) is 26.2 Å². The predicted octanol–water partition coefficient (Wildman–Crippen LogP) is 1.55. The van der Waals surface area contributed by atoms with E-state index < -0.39 is 5.41 Å². The van der Waals surface area contributed by atoms with Crippen molar-refractivity contribution < 1.29 is 9.53 Å². The molecule has 4 nitrogen and oxygen atoms in total. The van der Waals surface area contributed by atoms with Gasteiger partial charge in [0.1, 0.15) is 5.41 Å². The number of ether oxygens (including phenoxy) is 1. The van der Waals surface area contributed by atoms with E-state index in [0.717, 1.165) is 16.8 Å². The van der Waals surface area contributed by atoms with Crippen LogP contribution in [0.25, 0.3) is 0 Å². The molecule has 4 heteroatoms. The summed E-state index contributed by atoms with van der Waals surface area (Å²) in [5.41, 5.74) is 9.64. The summed E-state index contributed by atoms with van der Waals surface area (Å²) >= 11 is 0. The number of amides is 1. The van der Waals surface area contributed by atoms with Gasteiger partial charge in [-0.2, -0.15) is 0 Å². The van der Waals surface area contributed by atoms with E-state index in [4.69, 9.17) is 10.5 Å². The average molecular weight is 262 g/mol. The molecule has 1 fully saturated rings. The third kappa shape index (κ3) is 2.26. The van der Waals surface area contributed by atoms with E-state index in [9.17, 15) is 4.79 Å². The van der Waals surface area contributed by atoms with Gasteiger partial charge in [-0.15, -0.1) is 0 Å². The van der Waals surface area contributed by atoms with Crippen molar-refractivity contribution in [1.29, 1.82) is 0 Å². The summed E-state index contributed by atoms with van der Waals surface area (Å²) in [5, 5.41) is 0. The molecular formula is C15H22N2O2. The Kier molecular flexibility index (Phi) is 3.65. The standard InChI is InChI=1S/C15H22N2O2/c1-10-5-11(2)13(12(3)6-10)17(4)14(18)15(7-16)8-19-9-15/h5-6H,7-9,16H2,1-4H3. The van der Waals surface area contributed by atoms with E-state index in [1.54, 1.807) is 4.90 Å². The molecular weight excluding hydrogens is 240 g/mol. The summed E-state index contributed by atoms with van der Waals surface area (Å²) in [5.74, 6) is 0.0521. The van der Waals surface area contributed by atoms with Crippen LogP contribution in [0.4, 0.5) is 5.69 Å². The van der Waals surface area contributed by atoms with Crippen LogP contribution in [-0.4, -0.2) is 32.7 Å². The van der Waals surface area contributed by atoms with Crippen LogP contribution >= 0.6 is 0 Å². The molecule has 0 atom stereocenters. The first-order chi connectivity index (χ1) is 8.91. The SMILES string of the molecule is Cc1cc(C)c(N(C)C(=O)C2(CN)COC2)c(C)c1. The molecule has 1 amide bonds. The third-order valence-electron chi connectivity index (χ3n) is 3.88. The summed E-state index contributed by atoms with van der Waals surface area (Å²) in [4.78, 5) is 14.4. The van der Waals surface area contributed by atoms with Crippen LogP contribution < -0.4 is 10.6 Å². The quantitative estimate of drug-likeness (QED) is 0.899. The second-order valence-corrected chi connectivity index (χ2v) is 5.59. The maximum absolute atomic E-state index is 12.6. The number of nitrogens with two attached hydrogens (primary N) is 1. The Morgan fingerprint density at radius 2 is 1.84 bits per heavy atom. The van der Waals surface area contributed by atoms with Gasteiger partial charge in [0.25, 0.3) is 0 Å². The first-order valence-electron chi connectivity index (χ1n) is 6.55. The lowest BCUT2D eigenvalue weighted by Gasteiger charge is -2.41. The van der Waals surface area contributed by atoms with Crippen molar-refractivity contribution in [3.05, 3.63) is 28.8 Å². The van der Waals surface area contributed by atoms with Gasteiger partial charge >= 0.3 is 0 Å². The summed E-state index contributed by atoms with van der Waals surface area (Å²) in [6.07, 6.45) is 0. The van der Waals surface area contributed by atoms with Gasteiger partial charge in [0.2, 0.25) is 5.91 Å². The topological polar surface area (TPSA) is 55.6 Å². The van der Waals surface area contributed by atoms with Crippen molar-refractivity contribution in [1.82, 2.24) is 0 Å². The van der Waals surface area contributed by atoms with Gasteiger partial charge in [0.05, 0.1) is 13.2 Å². The fourth-order valence-electron chi connectivity index (χ4n) is 2.84. The molecule has 0 bridgehead atoms. The normalized spacial score (nSPS) is 16.9. The Morgan fingerprint density at radius 3 is 2.21 bits per heavy atom. The predicted molar refractivity (Wildman–Crippen MR) is 76.4 cm³/mol. The van der Waals surface area contributed by atoms with Gasteiger partial charge in [-0.1, -0.05) is 17.7 Å². The second kappa shape index (κ2) is 4.94. The highest BCUT2D eigenvalue weighted by Gasteiger charge is 2.46. The molecule has 1 saturated heterocycles. The maximum atomic E-state index is 12.6. The molecule has 1 heterocycles. The highest BCUT2D eigenvalue weighted by molar-refractivity contribution is 5.99. The third-order valence-corrected chi connectivity index (χ3v) is 3.88. The largest absolute Gasteiger partial charge is 0.379 e. The summed E-state index contributed by atoms with van der Waals surface area (Å²) in [7, 11) is 1.82. The van der Waals surface area contributed by atoms with Gasteiger partial charge in [-0.25, -0.2) is 0 Å². The molecule has 1 aliphatic rings. The highest BCUT2D eigenvalue weighted by atomic mass is 16.5. The molecule has 0 spiro atoms. The molecule has 1 aliphatic heterocycles. The van der Waals surface area contributed by atoms with E-state index in [2.05, 4.69) is 19.1 Å². The Hall–Kier alpha value is -1.39. The van der Waals surface area contributed by atoms with Crippen molar-refractivity contribution in [2.75, 3.05) is 31.7 Å². The minimum atomic E-state index is -0.529. The lowest BCUT2D eigenvalue weighted by atomic mass is 9.84. The lowest BCUT2D eigenvalue weighted by Crippen LogP contribution is -2.58. The molecule has 0 saturated carbocycles. The number of carbonyl (C=O) groups is 1. The smallest absolute Gasteiger partial charge is 0.238 e. The fourth-order valence-corrected chi connectivity index (χ4v) is 2.84. The van der Waals surface area contributed by atoms with E-state index in [1.165, 1.54) is 5.56 Å². The maximum Gasteiger partial charge on any atom is 0.238 e. The first-order valence-corrected chi connectivity index (χ1v) is 6.55. The molecule has 0 aliphatic carbocycles. The molecule has 104 valence electrons. The van der Waals surface area contributed by atoms with Gasteiger partial charge in [0.15, 0.2) is 0 Å². The van der Waals surface area contributed by atoms with E-state index in [-0.39, 0.29) is 5.91 Å². The monoisotopic (exact) mass is 262 g/mol. The van der Waals surface area contributed by atoms with Gasteiger partial charge in [-0.3, -0.25) is 4.79 Å². The fraction of sp³-hybridized carbons (Fsp3) is 0.533. The minimum absolute atomic E-state index is 0.0521. The van der Waals surface area contributed by atoms with Crippen LogP contribution in [0.3, 0.4) is 0 Å². The number of benzene rings is 1. The first kappa shape index (κ1) is 14.0. The minimum Gasteiger partial charge on any atom is -0.379 e. The van der Waals surface area contributed by atoms with Crippen molar-refractivity contribution in [3.63, 3.8) is 0 Å². The zero-order chi connectivity index (χ0) is 14.2. The number of carbonyl (C=O) groups excluding carboxylic acids is 1. The Balaban J connectivity index is 2.34. The number of anilines is 1. The molecule has 0 unspecified atom stereocenters. The molecule has 19 heavy (non-hydrogen) atoms. The van der Waals surface area contributed by atoms with Gasteiger partial charge in [0, 0.05) is 19.3 Å². The molecule has 1 aromatic carbocycles. The van der Waals surface area contributed by atoms with E-state index in [1.807, 2.05) is 20.9 Å². The van der Waals surface area contributed by atoms with Gasteiger partial charge < -0.3 is 15.4 Å². The van der Waals surface area contributed by atoms with Crippen LogP contribution in [0.15, 0.2) is 12.1 Å². The zero-order valence-electron chi connectivity index (χ0n) is 12.1. The van der Waals surface area contributed by atoms with E-state index in [0.29, 0.717) is 19.8 Å². The lowest BCUT2D eigenvalue weighted by molar-refractivity contribution is -0.156. The van der Waals surface area contributed by atoms with Crippen molar-refractivity contribution in [2.24, 2.45) is 11.1 Å². The van der Waals surface area contributed by atoms with Crippen LogP contribution in [0.2, 0.25) is 0 Å². The van der Waals surface area contributed by atoms with Crippen LogP contribution in [0.5, 0.6) is 0 Å². The van der Waals surface area contributed by atoms with Crippen molar-refractivity contribution in [3.8, 4) is 0 Å². The number of hydrogen-bond donors (Lipinski definition) is 1. The number of nitrogens with zero attached hydrogens (tertiary/aromatic N) is 1. The number of hydrogen-bond acceptors (Lipinski definition) is 3. The highest BCUT2D eigenvalue weighted by Crippen LogP contribution is 2.33. The summed E-state index contributed by atoms with van der Waals surface area (Å²) < 4.78 is 5.19. The molecule has 2 rings (SSSR count). The van der Waals surface area contributed by atoms with Crippen LogP contribution in [-0.2, 0) is 9.53 Å².